The third-order valence-corrected chi connectivity index (χ3v) is 14.9. The molecule has 1 aliphatic rings. The number of ether oxygens (including phenoxy) is 1. The molecule has 0 bridgehead atoms. The summed E-state index contributed by atoms with van der Waals surface area (Å²) in [7, 11) is 0. The molecule has 13 aromatic rings. The minimum absolute atomic E-state index is 0. The van der Waals surface area contributed by atoms with Gasteiger partial charge in [-0.25, -0.2) is 9.97 Å². The standard InChI is InChI=1S/C67H52N7O.Pt/c1-66(2,3)43-34-36-68-63(39-43)74-58-30-16-11-25-52(58)53-33-32-47(41-60(53)74)75-46-20-17-19-45(40-46)70-42-71(65-59(70)31-18-35-69-65)64-61(72-54-26-12-7-21-48(54)49-22-8-13-27-55(49)72)37-44(67(4,5)6)38-62(64)73-56-28-14-9-23-50(56)51-24-10-15-29-57(51)73;/h7-39,42H,1-6H3;/q-3;. The third kappa shape index (κ3) is 7.52. The van der Waals surface area contributed by atoms with Crippen LogP contribution in [0.15, 0.2) is 200 Å². The number of para-hydroxylation sites is 5. The molecule has 0 spiro atoms. The second-order valence-corrected chi connectivity index (χ2v) is 21.6. The molecule has 8 aromatic carbocycles. The van der Waals surface area contributed by atoms with E-state index >= 15 is 0 Å². The second-order valence-electron chi connectivity index (χ2n) is 21.6. The Hall–Kier alpha value is -8.45. The number of nitrogens with zero attached hydrogens (tertiary/aromatic N) is 7. The SMILES string of the molecule is CC(C)(C)c1ccnc(-n2c3[c-]c(Oc4[c-]c(N5[CH-]N(c6c(-n7c8ccccc8c8ccccc87)cc(C(C)(C)C)cc6-n6c7ccccc7c7ccccc76)c6ncccc65)ccc4)ccc3c3ccccc32)c1.[Pt]. The Morgan fingerprint density at radius 3 is 1.49 bits per heavy atom. The predicted octanol–water partition coefficient (Wildman–Crippen LogP) is 17.2. The van der Waals surface area contributed by atoms with Crippen LogP contribution in [-0.2, 0) is 31.9 Å². The maximum absolute atomic E-state index is 6.77. The molecule has 0 atom stereocenters. The van der Waals surface area contributed by atoms with E-state index in [9.17, 15) is 0 Å². The first-order chi connectivity index (χ1) is 36.5. The predicted molar refractivity (Wildman–Crippen MR) is 308 cm³/mol. The van der Waals surface area contributed by atoms with Crippen LogP contribution in [0.2, 0.25) is 0 Å². The molecule has 5 aromatic heterocycles. The average molecular weight is 1170 g/mol. The number of fused-ring (bicyclic) bond motifs is 10. The van der Waals surface area contributed by atoms with E-state index < -0.39 is 0 Å². The third-order valence-electron chi connectivity index (χ3n) is 14.9. The molecule has 0 aliphatic carbocycles. The zero-order chi connectivity index (χ0) is 50.7. The molecule has 0 amide bonds. The largest absolute Gasteiger partial charge is 0.509 e. The Kier molecular flexibility index (Phi) is 11.1. The molecule has 0 unspecified atom stereocenters. The van der Waals surface area contributed by atoms with Gasteiger partial charge < -0.3 is 28.2 Å². The van der Waals surface area contributed by atoms with Gasteiger partial charge in [0.15, 0.2) is 0 Å². The summed E-state index contributed by atoms with van der Waals surface area (Å²) in [5.74, 6) is 2.77. The molecular weight excluding hydrogens is 1110 g/mol. The van der Waals surface area contributed by atoms with Crippen LogP contribution in [0, 0.1) is 18.8 Å². The van der Waals surface area contributed by atoms with Crippen molar-refractivity contribution in [1.82, 2.24) is 23.7 Å². The Bertz CT molecular complexity index is 4190. The molecule has 0 N–H and O–H groups in total. The van der Waals surface area contributed by atoms with Crippen molar-refractivity contribution in [2.45, 2.75) is 52.4 Å². The Labute approximate surface area is 456 Å². The fourth-order valence-corrected chi connectivity index (χ4v) is 11.3. The number of hydrogen-bond donors (Lipinski definition) is 0. The second kappa shape index (κ2) is 17.9. The molecule has 0 saturated heterocycles. The monoisotopic (exact) mass is 1170 g/mol. The van der Waals surface area contributed by atoms with Gasteiger partial charge in [-0.15, -0.1) is 48.1 Å². The summed E-state index contributed by atoms with van der Waals surface area (Å²) in [5.41, 5.74) is 13.4. The normalized spacial score (nSPS) is 12.9. The van der Waals surface area contributed by atoms with Crippen molar-refractivity contribution in [1.29, 1.82) is 0 Å². The van der Waals surface area contributed by atoms with Gasteiger partial charge in [-0.05, 0) is 94.1 Å². The maximum atomic E-state index is 6.77. The molecule has 1 aliphatic heterocycles. The van der Waals surface area contributed by atoms with Crippen LogP contribution in [0.1, 0.15) is 52.7 Å². The van der Waals surface area contributed by atoms with E-state index in [1.807, 2.05) is 36.7 Å². The topological polar surface area (TPSA) is 56.3 Å². The zero-order valence-electron chi connectivity index (χ0n) is 43.0. The summed E-state index contributed by atoms with van der Waals surface area (Å²) < 4.78 is 13.9. The molecule has 9 heteroatoms. The fourth-order valence-electron chi connectivity index (χ4n) is 11.3. The van der Waals surface area contributed by atoms with Crippen molar-refractivity contribution in [3.05, 3.63) is 230 Å². The van der Waals surface area contributed by atoms with Gasteiger partial charge in [0, 0.05) is 72.0 Å². The van der Waals surface area contributed by atoms with Crippen molar-refractivity contribution in [3.63, 3.8) is 0 Å². The number of anilines is 4. The molecule has 14 rings (SSSR count). The van der Waals surface area contributed by atoms with E-state index in [0.29, 0.717) is 11.5 Å². The molecule has 374 valence electrons. The Morgan fingerprint density at radius 2 is 0.934 bits per heavy atom. The van der Waals surface area contributed by atoms with Gasteiger partial charge in [0.1, 0.15) is 11.6 Å². The number of hydrogen-bond acceptors (Lipinski definition) is 5. The van der Waals surface area contributed by atoms with Crippen LogP contribution >= 0.6 is 0 Å². The maximum Gasteiger partial charge on any atom is 0.135 e. The first-order valence-corrected chi connectivity index (χ1v) is 25.6. The summed E-state index contributed by atoms with van der Waals surface area (Å²) in [6, 6.07) is 74.2. The van der Waals surface area contributed by atoms with Gasteiger partial charge in [-0.2, -0.15) is 12.1 Å². The van der Waals surface area contributed by atoms with Crippen molar-refractivity contribution in [3.8, 4) is 28.7 Å². The first kappa shape index (κ1) is 47.3. The van der Waals surface area contributed by atoms with Crippen molar-refractivity contribution < 1.29 is 25.8 Å². The first-order valence-electron chi connectivity index (χ1n) is 25.6. The molecule has 8 nitrogen and oxygen atoms in total. The summed E-state index contributed by atoms with van der Waals surface area (Å²) in [6.45, 7) is 15.8. The van der Waals surface area contributed by atoms with Crippen LogP contribution in [-0.4, -0.2) is 23.7 Å². The van der Waals surface area contributed by atoms with Gasteiger partial charge in [-0.1, -0.05) is 138 Å². The molecule has 0 saturated carbocycles. The van der Waals surface area contributed by atoms with Gasteiger partial charge >= 0.3 is 0 Å². The quantitative estimate of drug-likeness (QED) is 0.149. The molecule has 76 heavy (non-hydrogen) atoms. The Balaban J connectivity index is 0.00000553. The van der Waals surface area contributed by atoms with E-state index in [-0.39, 0.29) is 31.9 Å². The zero-order valence-corrected chi connectivity index (χ0v) is 45.3. The van der Waals surface area contributed by atoms with E-state index in [2.05, 4.69) is 248 Å². The molecule has 6 heterocycles. The summed E-state index contributed by atoms with van der Waals surface area (Å²) in [4.78, 5) is 14.6. The molecule has 0 fully saturated rings. The smallest absolute Gasteiger partial charge is 0.135 e. The van der Waals surface area contributed by atoms with E-state index in [1.54, 1.807) is 0 Å². The number of rotatable bonds is 7. The van der Waals surface area contributed by atoms with Crippen LogP contribution in [0.3, 0.4) is 0 Å². The fraction of sp³-hybridized carbons (Fsp3) is 0.119. The van der Waals surface area contributed by atoms with Gasteiger partial charge in [0.05, 0.1) is 44.8 Å². The number of benzene rings is 8. The van der Waals surface area contributed by atoms with Crippen LogP contribution in [0.5, 0.6) is 11.5 Å². The van der Waals surface area contributed by atoms with Gasteiger partial charge in [0.2, 0.25) is 0 Å². The average Bonchev–Trinajstić information content (AvgIpc) is 4.26. The summed E-state index contributed by atoms with van der Waals surface area (Å²) >= 11 is 0. The van der Waals surface area contributed by atoms with Crippen LogP contribution in [0.25, 0.3) is 82.6 Å². The van der Waals surface area contributed by atoms with Gasteiger partial charge in [0.25, 0.3) is 0 Å². The number of pyridine rings is 2. The molecular formula is C67H52N7OPt-3. The summed E-state index contributed by atoms with van der Waals surface area (Å²) in [6.07, 6.45) is 3.79. The van der Waals surface area contributed by atoms with E-state index in [1.165, 1.54) is 32.7 Å². The van der Waals surface area contributed by atoms with Crippen molar-refractivity contribution >= 4 is 88.3 Å². The van der Waals surface area contributed by atoms with Crippen LogP contribution in [0.4, 0.5) is 22.9 Å². The van der Waals surface area contributed by atoms with Crippen molar-refractivity contribution in [2.75, 3.05) is 9.80 Å². The summed E-state index contributed by atoms with van der Waals surface area (Å²) in [5, 5.41) is 6.98. The van der Waals surface area contributed by atoms with Gasteiger partial charge in [-0.3, -0.25) is 0 Å². The molecule has 0 radical (unpaired) electrons. The minimum atomic E-state index is -0.210. The van der Waals surface area contributed by atoms with Crippen molar-refractivity contribution in [2.24, 2.45) is 0 Å². The Morgan fingerprint density at radius 1 is 0.421 bits per heavy atom. The van der Waals surface area contributed by atoms with E-state index in [4.69, 9.17) is 14.7 Å². The van der Waals surface area contributed by atoms with Crippen LogP contribution < -0.4 is 14.5 Å². The van der Waals surface area contributed by atoms with E-state index in [0.717, 1.165) is 83.9 Å². The number of aromatic nitrogens is 5. The minimum Gasteiger partial charge on any atom is -0.509 e.